The fourth-order valence-electron chi connectivity index (χ4n) is 3.70. The van der Waals surface area contributed by atoms with Crippen molar-refractivity contribution in [1.29, 1.82) is 0 Å². The topological polar surface area (TPSA) is 39.3 Å². The van der Waals surface area contributed by atoms with Crippen LogP contribution >= 0.6 is 0 Å². The third-order valence-corrected chi connectivity index (χ3v) is 5.00. The van der Waals surface area contributed by atoms with Gasteiger partial charge in [0.25, 0.3) is 0 Å². The van der Waals surface area contributed by atoms with Gasteiger partial charge in [0, 0.05) is 43.3 Å². The Hall–Kier alpha value is -1.81. The minimum absolute atomic E-state index is 0.161. The molecule has 1 aliphatic rings. The molecule has 0 aliphatic carbocycles. The monoisotopic (exact) mass is 313 g/mol. The van der Waals surface area contributed by atoms with E-state index >= 15 is 0 Å². The zero-order valence-electron chi connectivity index (χ0n) is 14.2. The molecule has 2 heterocycles. The summed E-state index contributed by atoms with van der Waals surface area (Å²) >= 11 is 0. The summed E-state index contributed by atoms with van der Waals surface area (Å²) in [5, 5.41) is 1.30. The number of para-hydroxylation sites is 1. The van der Waals surface area contributed by atoms with E-state index in [9.17, 15) is 4.79 Å². The Labute approximate surface area is 138 Å². The number of amides is 1. The summed E-state index contributed by atoms with van der Waals surface area (Å²) in [5.74, 6) is 0.493. The maximum Gasteiger partial charge on any atom is 0.226 e. The molecule has 0 spiro atoms. The molecule has 1 aromatic heterocycles. The fraction of sp³-hybridized carbons (Fsp3) is 0.526. The van der Waals surface area contributed by atoms with Crippen LogP contribution in [0.3, 0.4) is 0 Å². The second kappa shape index (κ2) is 7.18. The molecule has 1 aliphatic heterocycles. The summed E-state index contributed by atoms with van der Waals surface area (Å²) < 4.78 is 0. The first-order valence-electron chi connectivity index (χ1n) is 8.79. The van der Waals surface area contributed by atoms with Gasteiger partial charge in [-0.05, 0) is 44.9 Å². The van der Waals surface area contributed by atoms with Gasteiger partial charge < -0.3 is 9.88 Å². The van der Waals surface area contributed by atoms with Crippen LogP contribution in [0.4, 0.5) is 0 Å². The van der Waals surface area contributed by atoms with Crippen molar-refractivity contribution < 1.29 is 4.79 Å². The smallest absolute Gasteiger partial charge is 0.226 e. The Morgan fingerprint density at radius 2 is 2.09 bits per heavy atom. The second-order valence-electron chi connectivity index (χ2n) is 6.44. The third kappa shape index (κ3) is 3.42. The molecule has 124 valence electrons. The zero-order valence-corrected chi connectivity index (χ0v) is 14.2. The minimum Gasteiger partial charge on any atom is -0.361 e. The van der Waals surface area contributed by atoms with Gasteiger partial charge in [0.1, 0.15) is 0 Å². The van der Waals surface area contributed by atoms with Gasteiger partial charge in [0.2, 0.25) is 5.91 Å². The normalized spacial score (nSPS) is 19.1. The molecule has 1 fully saturated rings. The molecule has 0 saturated carbocycles. The number of likely N-dealkylation sites (tertiary alicyclic amines) is 1. The number of hydrogen-bond acceptors (Lipinski definition) is 2. The van der Waals surface area contributed by atoms with Gasteiger partial charge in [-0.25, -0.2) is 0 Å². The van der Waals surface area contributed by atoms with Crippen molar-refractivity contribution in [3.05, 3.63) is 36.0 Å². The molecule has 23 heavy (non-hydrogen) atoms. The van der Waals surface area contributed by atoms with Crippen LogP contribution in [0.2, 0.25) is 0 Å². The first-order chi connectivity index (χ1) is 11.2. The molecule has 4 heteroatoms. The van der Waals surface area contributed by atoms with Gasteiger partial charge in [0.15, 0.2) is 0 Å². The maximum atomic E-state index is 12.6. The number of benzene rings is 1. The molecular weight excluding hydrogens is 286 g/mol. The lowest BCUT2D eigenvalue weighted by molar-refractivity contribution is -0.137. The van der Waals surface area contributed by atoms with Gasteiger partial charge in [-0.1, -0.05) is 18.2 Å². The Bertz CT molecular complexity index is 659. The number of aromatic nitrogens is 1. The van der Waals surface area contributed by atoms with Gasteiger partial charge in [-0.3, -0.25) is 9.69 Å². The van der Waals surface area contributed by atoms with Crippen molar-refractivity contribution in [1.82, 2.24) is 14.8 Å². The van der Waals surface area contributed by atoms with Crippen LogP contribution in [0.15, 0.2) is 30.5 Å². The lowest BCUT2D eigenvalue weighted by Crippen LogP contribution is -2.44. The van der Waals surface area contributed by atoms with Crippen LogP contribution in [0, 0.1) is 5.92 Å². The van der Waals surface area contributed by atoms with Crippen molar-refractivity contribution in [2.75, 3.05) is 26.2 Å². The molecular formula is C19H27N3O. The molecule has 0 bridgehead atoms. The first kappa shape index (κ1) is 16.1. The predicted octanol–water partition coefficient (Wildman–Crippen LogP) is 3.25. The van der Waals surface area contributed by atoms with Gasteiger partial charge >= 0.3 is 0 Å². The van der Waals surface area contributed by atoms with Crippen LogP contribution in [0.1, 0.15) is 32.3 Å². The van der Waals surface area contributed by atoms with E-state index in [1.54, 1.807) is 0 Å². The number of hydrogen-bond donors (Lipinski definition) is 1. The number of aromatic amines is 1. The lowest BCUT2D eigenvalue weighted by Gasteiger charge is -2.34. The van der Waals surface area contributed by atoms with E-state index in [1.807, 2.05) is 4.90 Å². The lowest BCUT2D eigenvalue weighted by atomic mass is 9.96. The number of fused-ring (bicyclic) bond motifs is 1. The molecule has 1 aromatic carbocycles. The highest BCUT2D eigenvalue weighted by Gasteiger charge is 2.28. The van der Waals surface area contributed by atoms with Crippen LogP contribution < -0.4 is 0 Å². The average molecular weight is 313 g/mol. The van der Waals surface area contributed by atoms with E-state index in [2.05, 4.69) is 54.2 Å². The molecule has 1 atom stereocenters. The highest BCUT2D eigenvalue weighted by Crippen LogP contribution is 2.24. The number of nitrogens with zero attached hydrogens (tertiary/aromatic N) is 2. The predicted molar refractivity (Wildman–Crippen MR) is 94.2 cm³/mol. The summed E-state index contributed by atoms with van der Waals surface area (Å²) in [7, 11) is 0. The summed E-state index contributed by atoms with van der Waals surface area (Å²) in [4.78, 5) is 20.4. The number of H-pyrrole nitrogens is 1. The molecule has 0 radical (unpaired) electrons. The molecule has 1 saturated heterocycles. The summed E-state index contributed by atoms with van der Waals surface area (Å²) in [6.07, 6.45) is 4.25. The molecule has 4 nitrogen and oxygen atoms in total. The van der Waals surface area contributed by atoms with Crippen LogP contribution in [0.25, 0.3) is 10.9 Å². The fourth-order valence-corrected chi connectivity index (χ4v) is 3.70. The summed E-state index contributed by atoms with van der Waals surface area (Å²) in [5.41, 5.74) is 2.52. The first-order valence-corrected chi connectivity index (χ1v) is 8.79. The highest BCUT2D eigenvalue weighted by molar-refractivity contribution is 5.83. The standard InChI is InChI=1S/C19H27N3O/c1-3-22(4-2)19(23)15-8-7-11-21(13-15)14-16-12-20-18-10-6-5-9-17(16)18/h5-6,9-10,12,15,20H,3-4,7-8,11,13-14H2,1-2H3/t15-/m0/s1. The number of rotatable bonds is 5. The van der Waals surface area contributed by atoms with Gasteiger partial charge in [-0.2, -0.15) is 0 Å². The Balaban J connectivity index is 1.68. The van der Waals surface area contributed by atoms with Crippen molar-refractivity contribution in [3.8, 4) is 0 Å². The van der Waals surface area contributed by atoms with E-state index in [-0.39, 0.29) is 5.92 Å². The largest absolute Gasteiger partial charge is 0.361 e. The summed E-state index contributed by atoms with van der Waals surface area (Å²) in [6.45, 7) is 8.65. The Morgan fingerprint density at radius 1 is 1.30 bits per heavy atom. The Kier molecular flexibility index (Phi) is 5.01. The number of piperidine rings is 1. The van der Waals surface area contributed by atoms with E-state index < -0.39 is 0 Å². The molecule has 1 N–H and O–H groups in total. The van der Waals surface area contributed by atoms with Crippen LogP contribution in [0.5, 0.6) is 0 Å². The third-order valence-electron chi connectivity index (χ3n) is 5.00. The van der Waals surface area contributed by atoms with Crippen molar-refractivity contribution >= 4 is 16.8 Å². The number of nitrogens with one attached hydrogen (secondary N) is 1. The highest BCUT2D eigenvalue weighted by atomic mass is 16.2. The van der Waals surface area contributed by atoms with Crippen molar-refractivity contribution in [3.63, 3.8) is 0 Å². The van der Waals surface area contributed by atoms with Crippen molar-refractivity contribution in [2.24, 2.45) is 5.92 Å². The second-order valence-corrected chi connectivity index (χ2v) is 6.44. The van der Waals surface area contributed by atoms with Gasteiger partial charge in [-0.15, -0.1) is 0 Å². The van der Waals surface area contributed by atoms with E-state index in [1.165, 1.54) is 16.5 Å². The quantitative estimate of drug-likeness (QED) is 0.920. The van der Waals surface area contributed by atoms with Crippen LogP contribution in [-0.4, -0.2) is 46.9 Å². The minimum atomic E-state index is 0.161. The van der Waals surface area contributed by atoms with E-state index in [0.717, 1.165) is 45.6 Å². The number of carbonyl (C=O) groups is 1. The molecule has 2 aromatic rings. The van der Waals surface area contributed by atoms with Crippen molar-refractivity contribution in [2.45, 2.75) is 33.2 Å². The van der Waals surface area contributed by atoms with E-state index in [0.29, 0.717) is 5.91 Å². The molecule has 3 rings (SSSR count). The average Bonchev–Trinajstić information content (AvgIpc) is 2.99. The Morgan fingerprint density at radius 3 is 2.87 bits per heavy atom. The maximum absolute atomic E-state index is 12.6. The zero-order chi connectivity index (χ0) is 16.2. The number of carbonyl (C=O) groups excluding carboxylic acids is 1. The SMILES string of the molecule is CCN(CC)C(=O)[C@H]1CCCN(Cc2c[nH]c3ccccc23)C1. The molecule has 1 amide bonds. The van der Waals surface area contributed by atoms with Crippen LogP contribution in [-0.2, 0) is 11.3 Å². The van der Waals surface area contributed by atoms with Gasteiger partial charge in [0.05, 0.1) is 5.92 Å². The summed E-state index contributed by atoms with van der Waals surface area (Å²) in [6, 6.07) is 8.43. The molecule has 0 unspecified atom stereocenters. The van der Waals surface area contributed by atoms with E-state index in [4.69, 9.17) is 0 Å².